The highest BCUT2D eigenvalue weighted by atomic mass is 32.2. The Bertz CT molecular complexity index is 1080. The number of halogens is 1. The molecule has 0 spiro atoms. The summed E-state index contributed by atoms with van der Waals surface area (Å²) in [4.78, 5) is 21.8. The molecule has 2 unspecified atom stereocenters. The first kappa shape index (κ1) is 17.4. The van der Waals surface area contributed by atoms with Crippen LogP contribution in [0.2, 0.25) is 0 Å². The van der Waals surface area contributed by atoms with E-state index in [4.69, 9.17) is 0 Å². The smallest absolute Gasteiger partial charge is 0.307 e. The molecule has 2 heterocycles. The summed E-state index contributed by atoms with van der Waals surface area (Å²) in [5.74, 6) is -1.82. The minimum Gasteiger partial charge on any atom is -0.481 e. The Kier molecular flexibility index (Phi) is 3.86. The van der Waals surface area contributed by atoms with Crippen LogP contribution >= 0.6 is 0 Å². The van der Waals surface area contributed by atoms with E-state index >= 15 is 0 Å². The average molecular weight is 365 g/mol. The lowest BCUT2D eigenvalue weighted by Gasteiger charge is -2.24. The van der Waals surface area contributed by atoms with Gasteiger partial charge in [-0.2, -0.15) is 0 Å². The molecular formula is C16H16FN3O4S. The maximum Gasteiger partial charge on any atom is 0.307 e. The summed E-state index contributed by atoms with van der Waals surface area (Å²) in [6, 6.07) is 3.60. The van der Waals surface area contributed by atoms with Gasteiger partial charge in [0.1, 0.15) is 12.0 Å². The third-order valence-corrected chi connectivity index (χ3v) is 6.57. The number of hydrogen-bond acceptors (Lipinski definition) is 6. The number of fused-ring (bicyclic) bond motifs is 1. The lowest BCUT2D eigenvalue weighted by molar-refractivity contribution is -0.135. The van der Waals surface area contributed by atoms with Gasteiger partial charge in [0.05, 0.1) is 17.5 Å². The van der Waals surface area contributed by atoms with Crippen molar-refractivity contribution in [3.63, 3.8) is 0 Å². The quantitative estimate of drug-likeness (QED) is 0.838. The van der Waals surface area contributed by atoms with E-state index in [0.29, 0.717) is 0 Å². The Hall–Kier alpha value is -2.42. The van der Waals surface area contributed by atoms with Gasteiger partial charge in [-0.25, -0.2) is 17.8 Å². The highest BCUT2D eigenvalue weighted by Crippen LogP contribution is 2.35. The highest BCUT2D eigenvalue weighted by molar-refractivity contribution is 8.09. The maximum atomic E-state index is 13.6. The van der Waals surface area contributed by atoms with Crippen LogP contribution in [-0.4, -0.2) is 41.3 Å². The van der Waals surface area contributed by atoms with Crippen LogP contribution in [0.15, 0.2) is 33.2 Å². The van der Waals surface area contributed by atoms with Gasteiger partial charge in [-0.15, -0.1) is 0 Å². The molecule has 0 saturated heterocycles. The molecule has 2 aliphatic heterocycles. The number of nitrogens with zero attached hydrogens (tertiary/aromatic N) is 3. The van der Waals surface area contributed by atoms with Gasteiger partial charge in [-0.1, -0.05) is 0 Å². The van der Waals surface area contributed by atoms with Crippen LogP contribution in [0.3, 0.4) is 0 Å². The van der Waals surface area contributed by atoms with Crippen molar-refractivity contribution < 1.29 is 22.7 Å². The monoisotopic (exact) mass is 365 g/mol. The molecule has 2 aliphatic rings. The first-order valence-electron chi connectivity index (χ1n) is 7.54. The van der Waals surface area contributed by atoms with E-state index in [1.807, 2.05) is 0 Å². The number of carboxylic acid groups (broad SMARTS) is 1. The molecule has 0 fully saturated rings. The number of sulfone groups is 1. The molecule has 3 rings (SSSR count). The summed E-state index contributed by atoms with van der Waals surface area (Å²) in [7, 11) is -4.17. The molecule has 7 nitrogen and oxygen atoms in total. The lowest BCUT2D eigenvalue weighted by Crippen LogP contribution is -2.41. The van der Waals surface area contributed by atoms with Crippen molar-refractivity contribution in [3.05, 3.63) is 34.6 Å². The SMILES string of the molecule is CC1=NC(C)N=C1S(=O)(=O)C1(C)N=c2ccc(F)cc2=C1CC(=O)O. The van der Waals surface area contributed by atoms with E-state index < -0.39 is 39.1 Å². The van der Waals surface area contributed by atoms with Crippen LogP contribution in [0.1, 0.15) is 27.2 Å². The zero-order valence-corrected chi connectivity index (χ0v) is 14.6. The molecule has 25 heavy (non-hydrogen) atoms. The molecule has 0 aromatic heterocycles. The summed E-state index contributed by atoms with van der Waals surface area (Å²) in [5, 5.41) is 9.45. The fourth-order valence-electron chi connectivity index (χ4n) is 3.11. The zero-order chi connectivity index (χ0) is 18.6. The Morgan fingerprint density at radius 1 is 1.36 bits per heavy atom. The fourth-order valence-corrected chi connectivity index (χ4v) is 4.94. The van der Waals surface area contributed by atoms with Crippen molar-refractivity contribution in [2.45, 2.75) is 38.2 Å². The van der Waals surface area contributed by atoms with Crippen LogP contribution in [0, 0.1) is 5.82 Å². The fraction of sp³-hybridized carbons (Fsp3) is 0.375. The largest absolute Gasteiger partial charge is 0.481 e. The summed E-state index contributed by atoms with van der Waals surface area (Å²) in [6.45, 7) is 4.49. The molecule has 0 amide bonds. The van der Waals surface area contributed by atoms with Gasteiger partial charge in [-0.3, -0.25) is 14.8 Å². The van der Waals surface area contributed by atoms with Crippen LogP contribution in [-0.2, 0) is 14.6 Å². The second kappa shape index (κ2) is 5.55. The van der Waals surface area contributed by atoms with Crippen molar-refractivity contribution >= 4 is 32.1 Å². The molecule has 0 radical (unpaired) electrons. The second-order valence-electron chi connectivity index (χ2n) is 6.09. The van der Waals surface area contributed by atoms with Crippen molar-refractivity contribution in [2.24, 2.45) is 15.0 Å². The van der Waals surface area contributed by atoms with Gasteiger partial charge in [-0.05, 0) is 44.5 Å². The molecule has 1 aromatic rings. The van der Waals surface area contributed by atoms with E-state index in [1.165, 1.54) is 19.9 Å². The Morgan fingerprint density at radius 2 is 2.04 bits per heavy atom. The van der Waals surface area contributed by atoms with Crippen molar-refractivity contribution in [1.29, 1.82) is 0 Å². The van der Waals surface area contributed by atoms with Crippen LogP contribution in [0.4, 0.5) is 4.39 Å². The van der Waals surface area contributed by atoms with Crippen LogP contribution < -0.4 is 10.6 Å². The summed E-state index contributed by atoms with van der Waals surface area (Å²) in [6.07, 6.45) is -1.10. The third kappa shape index (κ3) is 2.58. The summed E-state index contributed by atoms with van der Waals surface area (Å²) >= 11 is 0. The number of carbonyl (C=O) groups is 1. The van der Waals surface area contributed by atoms with Gasteiger partial charge >= 0.3 is 5.97 Å². The molecular weight excluding hydrogens is 349 g/mol. The van der Waals surface area contributed by atoms with Gasteiger partial charge < -0.3 is 5.11 Å². The predicted molar refractivity (Wildman–Crippen MR) is 90.2 cm³/mol. The first-order valence-corrected chi connectivity index (χ1v) is 9.02. The number of benzene rings is 1. The molecule has 0 saturated carbocycles. The number of carboxylic acids is 1. The van der Waals surface area contributed by atoms with Gasteiger partial charge in [0.25, 0.3) is 0 Å². The summed E-state index contributed by atoms with van der Waals surface area (Å²) in [5.41, 5.74) is 0.269. The average Bonchev–Trinajstić information content (AvgIpc) is 2.98. The van der Waals surface area contributed by atoms with E-state index in [-0.39, 0.29) is 26.9 Å². The molecule has 0 bridgehead atoms. The van der Waals surface area contributed by atoms with Gasteiger partial charge in [0.2, 0.25) is 9.84 Å². The standard InChI is InChI=1S/C16H16FN3O4S/c1-8-15(19-9(2)18-8)25(23,24)16(3)12(7-14(21)22)11-6-10(17)4-5-13(11)20-16/h4-6,9H,7H2,1-3H3,(H,21,22). The van der Waals surface area contributed by atoms with E-state index in [9.17, 15) is 22.7 Å². The van der Waals surface area contributed by atoms with Crippen molar-refractivity contribution in [1.82, 2.24) is 0 Å². The Balaban J connectivity index is 2.30. The number of aliphatic imine (C=N–C) groups is 2. The molecule has 1 N–H and O–H groups in total. The Morgan fingerprint density at radius 3 is 2.60 bits per heavy atom. The number of hydrogen-bond donors (Lipinski definition) is 1. The van der Waals surface area contributed by atoms with Gasteiger partial charge in [0, 0.05) is 5.22 Å². The minimum absolute atomic E-state index is 0.0181. The Labute approximate surface area is 143 Å². The third-order valence-electron chi connectivity index (χ3n) is 4.28. The minimum atomic E-state index is -4.17. The van der Waals surface area contributed by atoms with E-state index in [2.05, 4.69) is 15.0 Å². The molecule has 1 aromatic carbocycles. The van der Waals surface area contributed by atoms with Crippen LogP contribution in [0.25, 0.3) is 5.57 Å². The normalized spacial score (nSPS) is 25.3. The topological polar surface area (TPSA) is 109 Å². The van der Waals surface area contributed by atoms with E-state index in [1.54, 1.807) is 6.92 Å². The molecule has 9 heteroatoms. The second-order valence-corrected chi connectivity index (χ2v) is 8.28. The number of rotatable bonds is 3. The summed E-state index contributed by atoms with van der Waals surface area (Å²) < 4.78 is 40.1. The highest BCUT2D eigenvalue weighted by Gasteiger charge is 2.50. The van der Waals surface area contributed by atoms with Crippen LogP contribution in [0.5, 0.6) is 0 Å². The van der Waals surface area contributed by atoms with Gasteiger partial charge in [0.15, 0.2) is 9.91 Å². The maximum absolute atomic E-state index is 13.6. The van der Waals surface area contributed by atoms with Crippen molar-refractivity contribution in [3.8, 4) is 0 Å². The predicted octanol–water partition coefficient (Wildman–Crippen LogP) is 0.434. The lowest BCUT2D eigenvalue weighted by atomic mass is 10.0. The molecule has 132 valence electrons. The number of aliphatic carboxylic acids is 1. The van der Waals surface area contributed by atoms with Crippen molar-refractivity contribution in [2.75, 3.05) is 0 Å². The molecule has 2 atom stereocenters. The first-order chi connectivity index (χ1) is 11.6. The molecule has 0 aliphatic carbocycles. The zero-order valence-electron chi connectivity index (χ0n) is 13.8. The van der Waals surface area contributed by atoms with E-state index in [0.717, 1.165) is 12.1 Å².